The number of aryl methyl sites for hydroxylation is 1. The highest BCUT2D eigenvalue weighted by Gasteiger charge is 2.16. The van der Waals surface area contributed by atoms with E-state index in [1.165, 1.54) is 6.07 Å². The van der Waals surface area contributed by atoms with E-state index in [0.717, 1.165) is 44.5 Å². The molecule has 9 nitrogen and oxygen atoms in total. The van der Waals surface area contributed by atoms with Crippen LogP contribution in [0.5, 0.6) is 0 Å². The van der Waals surface area contributed by atoms with E-state index in [1.54, 1.807) is 30.9 Å². The fourth-order valence-corrected chi connectivity index (χ4v) is 4.72. The quantitative estimate of drug-likeness (QED) is 0.177. The van der Waals surface area contributed by atoms with Crippen LogP contribution in [0.4, 0.5) is 11.6 Å². The van der Waals surface area contributed by atoms with E-state index in [9.17, 15) is 10.1 Å². The van der Waals surface area contributed by atoms with Crippen LogP contribution in [0.25, 0.3) is 39.2 Å². The first-order valence-corrected chi connectivity index (χ1v) is 12.8. The number of non-ortho nitro benzene ring substituents is 1. The average Bonchev–Trinajstić information content (AvgIpc) is 3.41. The zero-order valence-electron chi connectivity index (χ0n) is 21.9. The number of hydrogen-bond acceptors (Lipinski definition) is 7. The maximum Gasteiger partial charge on any atom is 0.269 e. The highest BCUT2D eigenvalue weighted by atomic mass is 16.6. The van der Waals surface area contributed by atoms with Gasteiger partial charge in [-0.3, -0.25) is 19.7 Å². The Balaban J connectivity index is 1.43. The molecule has 0 amide bonds. The Bertz CT molecular complexity index is 1850. The average molecular weight is 528 g/mol. The molecule has 40 heavy (non-hydrogen) atoms. The van der Waals surface area contributed by atoms with Gasteiger partial charge in [0.05, 0.1) is 27.7 Å². The molecular weight excluding hydrogens is 502 g/mol. The highest BCUT2D eigenvalue weighted by molar-refractivity contribution is 5.83. The second kappa shape index (κ2) is 10.4. The summed E-state index contributed by atoms with van der Waals surface area (Å²) in [7, 11) is 0. The van der Waals surface area contributed by atoms with Gasteiger partial charge in [0.15, 0.2) is 0 Å². The first-order chi connectivity index (χ1) is 19.5. The van der Waals surface area contributed by atoms with Crippen LogP contribution in [-0.2, 0) is 0 Å². The molecular formula is C31H25N7O2. The van der Waals surface area contributed by atoms with Gasteiger partial charge in [0, 0.05) is 36.2 Å². The fraction of sp³-hybridized carbons (Fsp3) is 0.0968. The lowest BCUT2D eigenvalue weighted by Gasteiger charge is -2.17. The van der Waals surface area contributed by atoms with Crippen molar-refractivity contribution in [1.29, 1.82) is 0 Å². The molecule has 0 saturated carbocycles. The lowest BCUT2D eigenvalue weighted by molar-refractivity contribution is -0.384. The monoisotopic (exact) mass is 527 g/mol. The van der Waals surface area contributed by atoms with Crippen LogP contribution in [0.15, 0.2) is 104 Å². The van der Waals surface area contributed by atoms with Crippen molar-refractivity contribution in [3.8, 4) is 28.2 Å². The molecule has 9 heteroatoms. The third kappa shape index (κ3) is 4.88. The summed E-state index contributed by atoms with van der Waals surface area (Å²) >= 11 is 0. The molecule has 1 N–H and O–H groups in total. The molecule has 1 atom stereocenters. The molecule has 0 spiro atoms. The number of anilines is 1. The van der Waals surface area contributed by atoms with E-state index < -0.39 is 4.92 Å². The van der Waals surface area contributed by atoms with Crippen LogP contribution in [0.3, 0.4) is 0 Å². The topological polar surface area (TPSA) is 112 Å². The van der Waals surface area contributed by atoms with Crippen molar-refractivity contribution < 1.29 is 4.92 Å². The summed E-state index contributed by atoms with van der Waals surface area (Å²) in [5.41, 5.74) is 7.49. The Kier molecular flexibility index (Phi) is 6.45. The van der Waals surface area contributed by atoms with Crippen molar-refractivity contribution in [2.45, 2.75) is 19.9 Å². The van der Waals surface area contributed by atoms with Crippen molar-refractivity contribution in [2.24, 2.45) is 0 Å². The van der Waals surface area contributed by atoms with E-state index in [4.69, 9.17) is 9.97 Å². The number of fused-ring (bicyclic) bond motifs is 1. The van der Waals surface area contributed by atoms with Gasteiger partial charge in [0.2, 0.25) is 5.95 Å². The first-order valence-electron chi connectivity index (χ1n) is 12.8. The summed E-state index contributed by atoms with van der Waals surface area (Å²) in [6.45, 7) is 3.97. The SMILES string of the molecule is Cc1ccccc1-c1cc(-n2cnc3cc(-c4ccncc4)ccc32)nc(N[C@@H](C)c2cccc([N+](=O)[O-])c2)n1. The summed E-state index contributed by atoms with van der Waals surface area (Å²) in [6, 6.07) is 26.4. The lowest BCUT2D eigenvalue weighted by Crippen LogP contribution is -2.12. The number of nitro groups is 1. The zero-order chi connectivity index (χ0) is 27.6. The number of aromatic nitrogens is 5. The Morgan fingerprint density at radius 3 is 2.52 bits per heavy atom. The lowest BCUT2D eigenvalue weighted by atomic mass is 10.1. The molecule has 3 aromatic carbocycles. The fourth-order valence-electron chi connectivity index (χ4n) is 4.72. The van der Waals surface area contributed by atoms with Gasteiger partial charge in [-0.15, -0.1) is 0 Å². The minimum absolute atomic E-state index is 0.0393. The van der Waals surface area contributed by atoms with Crippen molar-refractivity contribution in [1.82, 2.24) is 24.5 Å². The highest BCUT2D eigenvalue weighted by Crippen LogP contribution is 2.29. The van der Waals surface area contributed by atoms with Crippen molar-refractivity contribution in [3.63, 3.8) is 0 Å². The van der Waals surface area contributed by atoms with Gasteiger partial charge in [-0.05, 0) is 60.4 Å². The van der Waals surface area contributed by atoms with Gasteiger partial charge in [-0.1, -0.05) is 42.5 Å². The van der Waals surface area contributed by atoms with Gasteiger partial charge in [0.25, 0.3) is 5.69 Å². The smallest absolute Gasteiger partial charge is 0.269 e. The number of nitrogens with one attached hydrogen (secondary N) is 1. The van der Waals surface area contributed by atoms with Gasteiger partial charge < -0.3 is 5.32 Å². The standard InChI is InChI=1S/C31H25N7O2/c1-20-6-3-4-9-26(20)27-18-30(36-31(35-27)34-21(2)23-7-5-8-25(16-23)38(39)40)37-19-33-28-17-24(10-11-29(28)37)22-12-14-32-15-13-22/h3-19,21H,1-2H3,(H,34,35,36)/t21-/m0/s1. The van der Waals surface area contributed by atoms with E-state index in [2.05, 4.69) is 21.4 Å². The number of imidazole rings is 1. The van der Waals surface area contributed by atoms with Crippen LogP contribution in [-0.4, -0.2) is 29.4 Å². The van der Waals surface area contributed by atoms with Gasteiger partial charge in [-0.25, -0.2) is 9.97 Å². The van der Waals surface area contributed by atoms with Crippen molar-refractivity contribution in [3.05, 3.63) is 125 Å². The number of nitrogens with zero attached hydrogens (tertiary/aromatic N) is 6. The van der Waals surface area contributed by atoms with Gasteiger partial charge >= 0.3 is 0 Å². The van der Waals surface area contributed by atoms with Crippen molar-refractivity contribution >= 4 is 22.7 Å². The zero-order valence-corrected chi connectivity index (χ0v) is 21.9. The van der Waals surface area contributed by atoms with Crippen LogP contribution < -0.4 is 5.32 Å². The number of hydrogen-bond donors (Lipinski definition) is 1. The first kappa shape index (κ1) is 24.9. The molecule has 0 radical (unpaired) electrons. The normalized spacial score (nSPS) is 11.8. The maximum absolute atomic E-state index is 11.3. The summed E-state index contributed by atoms with van der Waals surface area (Å²) in [6.07, 6.45) is 5.31. The van der Waals surface area contributed by atoms with E-state index >= 15 is 0 Å². The molecule has 3 aromatic heterocycles. The predicted octanol–water partition coefficient (Wildman–Crippen LogP) is 6.93. The number of rotatable bonds is 7. The number of nitro benzene ring substituents is 1. The Morgan fingerprint density at radius 1 is 0.900 bits per heavy atom. The molecule has 0 unspecified atom stereocenters. The molecule has 0 aliphatic rings. The Hall–Kier alpha value is -5.44. The van der Waals surface area contributed by atoms with E-state index in [1.807, 2.05) is 79.1 Å². The maximum atomic E-state index is 11.3. The summed E-state index contributed by atoms with van der Waals surface area (Å²) in [5.74, 6) is 1.06. The number of pyridine rings is 1. The molecule has 196 valence electrons. The Labute approximate surface area is 230 Å². The number of benzene rings is 3. The van der Waals surface area contributed by atoms with Crippen LogP contribution in [0.1, 0.15) is 24.1 Å². The second-order valence-corrected chi connectivity index (χ2v) is 9.52. The van der Waals surface area contributed by atoms with Crippen molar-refractivity contribution in [2.75, 3.05) is 5.32 Å². The molecule has 6 rings (SSSR count). The van der Waals surface area contributed by atoms with Crippen LogP contribution in [0, 0.1) is 17.0 Å². The third-order valence-corrected chi connectivity index (χ3v) is 6.87. The molecule has 0 fully saturated rings. The summed E-state index contributed by atoms with van der Waals surface area (Å²) in [5, 5.41) is 14.7. The van der Waals surface area contributed by atoms with Gasteiger partial charge in [0.1, 0.15) is 12.1 Å². The minimum Gasteiger partial charge on any atom is -0.348 e. The minimum atomic E-state index is -0.395. The van der Waals surface area contributed by atoms with Gasteiger partial charge in [-0.2, -0.15) is 4.98 Å². The van der Waals surface area contributed by atoms with E-state index in [-0.39, 0.29) is 11.7 Å². The van der Waals surface area contributed by atoms with Crippen LogP contribution in [0.2, 0.25) is 0 Å². The second-order valence-electron chi connectivity index (χ2n) is 9.52. The van der Waals surface area contributed by atoms with Crippen LogP contribution >= 0.6 is 0 Å². The Morgan fingerprint density at radius 2 is 1.73 bits per heavy atom. The largest absolute Gasteiger partial charge is 0.348 e. The predicted molar refractivity (Wildman–Crippen MR) is 155 cm³/mol. The third-order valence-electron chi connectivity index (χ3n) is 6.87. The molecule has 0 aliphatic heterocycles. The molecule has 0 bridgehead atoms. The molecule has 3 heterocycles. The molecule has 0 aliphatic carbocycles. The molecule has 6 aromatic rings. The van der Waals surface area contributed by atoms with E-state index in [0.29, 0.717) is 11.8 Å². The summed E-state index contributed by atoms with van der Waals surface area (Å²) in [4.78, 5) is 29.4. The molecule has 0 saturated heterocycles. The summed E-state index contributed by atoms with van der Waals surface area (Å²) < 4.78 is 1.94.